The first-order valence-corrected chi connectivity index (χ1v) is 7.18. The Bertz CT molecular complexity index is 823. The van der Waals surface area contributed by atoms with Crippen LogP contribution in [0, 0.1) is 0 Å². The molecule has 1 atom stereocenters. The molecular weight excluding hydrogens is 258 g/mol. The number of carbonyl (C=O) groups is 1. The predicted octanol–water partition coefficient (Wildman–Crippen LogP) is 3.60. The molecule has 0 aromatic heterocycles. The summed E-state index contributed by atoms with van der Waals surface area (Å²) in [5.41, 5.74) is 3.49. The van der Waals surface area contributed by atoms with E-state index in [1.54, 1.807) is 0 Å². The average Bonchev–Trinajstić information content (AvgIpc) is 2.54. The molecule has 3 aromatic carbocycles. The number of fused-ring (bicyclic) bond motifs is 3. The van der Waals surface area contributed by atoms with Gasteiger partial charge in [0.2, 0.25) is 5.91 Å². The van der Waals surface area contributed by atoms with Gasteiger partial charge in [-0.15, -0.1) is 0 Å². The highest BCUT2D eigenvalue weighted by Gasteiger charge is 2.27. The Morgan fingerprint density at radius 2 is 1.62 bits per heavy atom. The molecule has 1 unspecified atom stereocenters. The molecule has 0 radical (unpaired) electrons. The van der Waals surface area contributed by atoms with Crippen LogP contribution in [0.15, 0.2) is 66.7 Å². The summed E-state index contributed by atoms with van der Waals surface area (Å²) in [6.45, 7) is 0. The summed E-state index contributed by atoms with van der Waals surface area (Å²) < 4.78 is 0. The van der Waals surface area contributed by atoms with E-state index in [-0.39, 0.29) is 11.9 Å². The summed E-state index contributed by atoms with van der Waals surface area (Å²) in [5, 5.41) is 5.58. The summed E-state index contributed by atoms with van der Waals surface area (Å²) >= 11 is 0. The molecule has 2 heteroatoms. The Morgan fingerprint density at radius 1 is 0.857 bits per heavy atom. The van der Waals surface area contributed by atoms with Crippen molar-refractivity contribution in [3.05, 3.63) is 83.4 Å². The highest BCUT2D eigenvalue weighted by Crippen LogP contribution is 2.34. The monoisotopic (exact) mass is 273 g/mol. The van der Waals surface area contributed by atoms with E-state index >= 15 is 0 Å². The third kappa shape index (κ3) is 2.00. The van der Waals surface area contributed by atoms with Crippen LogP contribution in [0.1, 0.15) is 22.7 Å². The third-order valence-electron chi connectivity index (χ3n) is 4.14. The molecule has 1 heterocycles. The van der Waals surface area contributed by atoms with Crippen molar-refractivity contribution in [1.29, 1.82) is 0 Å². The molecule has 1 N–H and O–H groups in total. The van der Waals surface area contributed by atoms with Gasteiger partial charge in [0.05, 0.1) is 12.5 Å². The first kappa shape index (κ1) is 12.2. The molecule has 102 valence electrons. The minimum absolute atomic E-state index is 0.0615. The van der Waals surface area contributed by atoms with Crippen LogP contribution in [0.4, 0.5) is 0 Å². The Hall–Kier alpha value is -2.61. The van der Waals surface area contributed by atoms with Crippen molar-refractivity contribution in [1.82, 2.24) is 5.32 Å². The van der Waals surface area contributed by atoms with Crippen LogP contribution in [-0.4, -0.2) is 5.91 Å². The molecule has 21 heavy (non-hydrogen) atoms. The van der Waals surface area contributed by atoms with Crippen LogP contribution in [-0.2, 0) is 11.2 Å². The van der Waals surface area contributed by atoms with Gasteiger partial charge < -0.3 is 5.32 Å². The summed E-state index contributed by atoms with van der Waals surface area (Å²) in [4.78, 5) is 12.0. The summed E-state index contributed by atoms with van der Waals surface area (Å²) in [5.74, 6) is 0.0895. The zero-order chi connectivity index (χ0) is 14.2. The van der Waals surface area contributed by atoms with Crippen LogP contribution in [0.3, 0.4) is 0 Å². The van der Waals surface area contributed by atoms with Gasteiger partial charge in [-0.25, -0.2) is 0 Å². The van der Waals surface area contributed by atoms with E-state index in [4.69, 9.17) is 0 Å². The number of hydrogen-bond donors (Lipinski definition) is 1. The molecule has 0 saturated heterocycles. The van der Waals surface area contributed by atoms with Crippen LogP contribution in [0.5, 0.6) is 0 Å². The maximum atomic E-state index is 12.0. The molecule has 3 aromatic rings. The first-order valence-electron chi connectivity index (χ1n) is 7.18. The van der Waals surface area contributed by atoms with Crippen LogP contribution >= 0.6 is 0 Å². The first-order chi connectivity index (χ1) is 10.3. The number of benzene rings is 3. The SMILES string of the molecule is O=C1Cc2ccc3ccccc3c2C(c2ccccc2)N1. The van der Waals surface area contributed by atoms with Crippen molar-refractivity contribution in [2.45, 2.75) is 12.5 Å². The average molecular weight is 273 g/mol. The second-order valence-corrected chi connectivity index (χ2v) is 5.45. The standard InChI is InChI=1S/C19H15NO/c21-17-12-15-11-10-13-6-4-5-9-16(13)18(15)19(20-17)14-7-2-1-3-8-14/h1-11,19H,12H2,(H,20,21). The second-order valence-electron chi connectivity index (χ2n) is 5.45. The van der Waals surface area contributed by atoms with E-state index in [0.29, 0.717) is 6.42 Å². The Morgan fingerprint density at radius 3 is 2.48 bits per heavy atom. The van der Waals surface area contributed by atoms with E-state index < -0.39 is 0 Å². The zero-order valence-corrected chi connectivity index (χ0v) is 11.5. The van der Waals surface area contributed by atoms with Crippen molar-refractivity contribution in [2.24, 2.45) is 0 Å². The van der Waals surface area contributed by atoms with Crippen molar-refractivity contribution in [3.63, 3.8) is 0 Å². The number of rotatable bonds is 1. The quantitative estimate of drug-likeness (QED) is 0.721. The highest BCUT2D eigenvalue weighted by molar-refractivity contribution is 5.92. The van der Waals surface area contributed by atoms with Crippen LogP contribution in [0.2, 0.25) is 0 Å². The van der Waals surface area contributed by atoms with E-state index in [9.17, 15) is 4.79 Å². The molecule has 0 aliphatic carbocycles. The van der Waals surface area contributed by atoms with Crippen LogP contribution < -0.4 is 5.32 Å². The molecular formula is C19H15NO. The van der Waals surface area contributed by atoms with Gasteiger partial charge in [0.25, 0.3) is 0 Å². The molecule has 0 spiro atoms. The molecule has 0 fully saturated rings. The maximum Gasteiger partial charge on any atom is 0.225 e. The van der Waals surface area contributed by atoms with Crippen molar-refractivity contribution < 1.29 is 4.79 Å². The molecule has 0 bridgehead atoms. The summed E-state index contributed by atoms with van der Waals surface area (Å²) in [6, 6.07) is 22.7. The minimum Gasteiger partial charge on any atom is -0.345 e. The van der Waals surface area contributed by atoms with E-state index in [0.717, 1.165) is 11.1 Å². The molecule has 1 aliphatic heterocycles. The number of carbonyl (C=O) groups excluding carboxylic acids is 1. The topological polar surface area (TPSA) is 29.1 Å². The molecule has 2 nitrogen and oxygen atoms in total. The lowest BCUT2D eigenvalue weighted by atomic mass is 9.86. The molecule has 1 amide bonds. The Labute approximate surface area is 123 Å². The van der Waals surface area contributed by atoms with Gasteiger partial charge in [0.1, 0.15) is 0 Å². The molecule has 0 saturated carbocycles. The van der Waals surface area contributed by atoms with E-state index in [2.05, 4.69) is 47.8 Å². The van der Waals surface area contributed by atoms with Gasteiger partial charge in [-0.1, -0.05) is 66.7 Å². The minimum atomic E-state index is -0.0615. The second kappa shape index (κ2) is 4.74. The van der Waals surface area contributed by atoms with Gasteiger partial charge in [-0.3, -0.25) is 4.79 Å². The van der Waals surface area contributed by atoms with E-state index in [1.807, 2.05) is 24.3 Å². The fraction of sp³-hybridized carbons (Fsp3) is 0.105. The van der Waals surface area contributed by atoms with Crippen molar-refractivity contribution in [2.75, 3.05) is 0 Å². The fourth-order valence-electron chi connectivity index (χ4n) is 3.19. The zero-order valence-electron chi connectivity index (χ0n) is 11.5. The number of hydrogen-bond acceptors (Lipinski definition) is 1. The van der Waals surface area contributed by atoms with Crippen LogP contribution in [0.25, 0.3) is 10.8 Å². The molecule has 1 aliphatic rings. The lowest BCUT2D eigenvalue weighted by molar-refractivity contribution is -0.121. The Balaban J connectivity index is 2.00. The molecule has 4 rings (SSSR count). The largest absolute Gasteiger partial charge is 0.345 e. The van der Waals surface area contributed by atoms with Crippen molar-refractivity contribution >= 4 is 16.7 Å². The Kier molecular flexibility index (Phi) is 2.74. The maximum absolute atomic E-state index is 12.0. The lowest BCUT2D eigenvalue weighted by Crippen LogP contribution is -2.36. The third-order valence-corrected chi connectivity index (χ3v) is 4.14. The van der Waals surface area contributed by atoms with Gasteiger partial charge in [-0.2, -0.15) is 0 Å². The number of nitrogens with one attached hydrogen (secondary N) is 1. The van der Waals surface area contributed by atoms with Crippen molar-refractivity contribution in [3.8, 4) is 0 Å². The smallest absolute Gasteiger partial charge is 0.225 e. The number of amides is 1. The van der Waals surface area contributed by atoms with Gasteiger partial charge in [0, 0.05) is 0 Å². The normalized spacial score (nSPS) is 17.3. The predicted molar refractivity (Wildman–Crippen MR) is 84.1 cm³/mol. The summed E-state index contributed by atoms with van der Waals surface area (Å²) in [6.07, 6.45) is 0.462. The fourth-order valence-corrected chi connectivity index (χ4v) is 3.19. The summed E-state index contributed by atoms with van der Waals surface area (Å²) in [7, 11) is 0. The highest BCUT2D eigenvalue weighted by atomic mass is 16.1. The van der Waals surface area contributed by atoms with E-state index in [1.165, 1.54) is 16.3 Å². The lowest BCUT2D eigenvalue weighted by Gasteiger charge is -2.28. The van der Waals surface area contributed by atoms with Gasteiger partial charge in [-0.05, 0) is 27.5 Å². The van der Waals surface area contributed by atoms with Gasteiger partial charge in [0.15, 0.2) is 0 Å². The van der Waals surface area contributed by atoms with Gasteiger partial charge >= 0.3 is 0 Å².